The second-order valence-electron chi connectivity index (χ2n) is 5.68. The van der Waals surface area contributed by atoms with Crippen LogP contribution in [0.1, 0.15) is 31.2 Å². The molecule has 1 aromatic heterocycles. The van der Waals surface area contributed by atoms with E-state index in [0.29, 0.717) is 11.3 Å². The van der Waals surface area contributed by atoms with Gasteiger partial charge >= 0.3 is 0 Å². The number of nitrogens with one attached hydrogen (secondary N) is 1. The number of carbonyl (C=O) groups is 1. The molecule has 0 spiro atoms. The van der Waals surface area contributed by atoms with Gasteiger partial charge in [0, 0.05) is 11.8 Å². The van der Waals surface area contributed by atoms with E-state index < -0.39 is 23.5 Å². The van der Waals surface area contributed by atoms with Gasteiger partial charge in [-0.25, -0.2) is 9.97 Å². The third kappa shape index (κ3) is 4.24. The number of nitrogen functional groups attached to an aromatic ring is 1. The number of nitrogens with zero attached hydrogens (tertiary/aromatic N) is 2. The first-order valence-electron chi connectivity index (χ1n) is 7.51. The predicted octanol–water partition coefficient (Wildman–Crippen LogP) is 1.16. The molecule has 25 heavy (non-hydrogen) atoms. The van der Waals surface area contributed by atoms with Crippen molar-refractivity contribution < 1.29 is 20.1 Å². The molecule has 1 heterocycles. The number of amides is 1. The highest BCUT2D eigenvalue weighted by Crippen LogP contribution is 2.36. The Bertz CT molecular complexity index is 779. The van der Waals surface area contributed by atoms with Gasteiger partial charge in [0.2, 0.25) is 5.91 Å². The van der Waals surface area contributed by atoms with Crippen molar-refractivity contribution in [2.75, 3.05) is 5.73 Å². The summed E-state index contributed by atoms with van der Waals surface area (Å²) in [5.41, 5.74) is 7.04. The predicted molar refractivity (Wildman–Crippen MR) is 91.4 cm³/mol. The molecule has 1 amide bonds. The second kappa shape index (κ2) is 7.63. The normalized spacial score (nSPS) is 11.6. The number of phenols is 2. The molecule has 2 aromatic rings. The minimum Gasteiger partial charge on any atom is -0.504 e. The maximum absolute atomic E-state index is 12.5. The number of anilines is 1. The van der Waals surface area contributed by atoms with Gasteiger partial charge in [-0.05, 0) is 37.6 Å². The molecule has 8 heteroatoms. The van der Waals surface area contributed by atoms with Crippen LogP contribution >= 0.6 is 0 Å². The number of aliphatic hydroxyl groups is 1. The summed E-state index contributed by atoms with van der Waals surface area (Å²) in [6, 6.07) is 4.13. The first kappa shape index (κ1) is 18.2. The van der Waals surface area contributed by atoms with Crippen molar-refractivity contribution in [3.8, 4) is 11.5 Å². The maximum Gasteiger partial charge on any atom is 0.250 e. The lowest BCUT2D eigenvalue weighted by atomic mass is 9.96. The first-order valence-corrected chi connectivity index (χ1v) is 7.51. The van der Waals surface area contributed by atoms with Crippen molar-refractivity contribution >= 4 is 11.6 Å². The fraction of sp³-hybridized carbons (Fsp3) is 0.235. The average molecular weight is 344 g/mol. The van der Waals surface area contributed by atoms with Crippen molar-refractivity contribution in [2.24, 2.45) is 0 Å². The number of benzene rings is 1. The van der Waals surface area contributed by atoms with Gasteiger partial charge in [-0.15, -0.1) is 0 Å². The Labute approximate surface area is 144 Å². The Morgan fingerprint density at radius 3 is 2.60 bits per heavy atom. The summed E-state index contributed by atoms with van der Waals surface area (Å²) in [6.07, 6.45) is 1.62. The summed E-state index contributed by atoms with van der Waals surface area (Å²) < 4.78 is 0. The van der Waals surface area contributed by atoms with E-state index in [0.717, 1.165) is 6.07 Å². The number of aliphatic hydroxyl groups excluding tert-OH is 1. The first-order chi connectivity index (χ1) is 11.8. The number of hydrogen-bond acceptors (Lipinski definition) is 7. The van der Waals surface area contributed by atoms with E-state index in [1.54, 1.807) is 26.1 Å². The Hall–Kier alpha value is -3.13. The second-order valence-corrected chi connectivity index (χ2v) is 5.68. The molecule has 0 radical (unpaired) electrons. The molecule has 132 valence electrons. The molecule has 0 aliphatic rings. The highest BCUT2D eigenvalue weighted by Gasteiger charge is 2.23. The molecule has 1 unspecified atom stereocenters. The third-order valence-corrected chi connectivity index (χ3v) is 3.59. The zero-order chi connectivity index (χ0) is 18.6. The Morgan fingerprint density at radius 1 is 1.32 bits per heavy atom. The van der Waals surface area contributed by atoms with Crippen molar-refractivity contribution in [2.45, 2.75) is 26.5 Å². The van der Waals surface area contributed by atoms with Crippen LogP contribution in [0.15, 0.2) is 41.9 Å². The summed E-state index contributed by atoms with van der Waals surface area (Å²) in [5, 5.41) is 32.4. The monoisotopic (exact) mass is 344 g/mol. The maximum atomic E-state index is 12.5. The molecular weight excluding hydrogens is 324 g/mol. The van der Waals surface area contributed by atoms with Crippen LogP contribution in [0.5, 0.6) is 11.5 Å². The summed E-state index contributed by atoms with van der Waals surface area (Å²) in [6.45, 7) is 3.55. The van der Waals surface area contributed by atoms with Crippen molar-refractivity contribution in [1.29, 1.82) is 0 Å². The van der Waals surface area contributed by atoms with E-state index in [1.165, 1.54) is 12.4 Å². The molecular formula is C17H20N4O4. The van der Waals surface area contributed by atoms with Crippen LogP contribution in [0.3, 0.4) is 0 Å². The number of rotatable bonds is 5. The quantitative estimate of drug-likeness (QED) is 0.311. The number of aromatic nitrogens is 2. The number of carbonyl (C=O) groups excluding carboxylic acids is 1. The standard InChI is InChI=1S/C17H20N4O4/c1-9(2)14(17(25)20-7-11-3-4-19-8-21-11)15(23)10-5-12(18)16(24)13(22)6-10/h3-6,8,15,22-24H,7,18H2,1-2H3,(H,20,25). The van der Waals surface area contributed by atoms with E-state index in [-0.39, 0.29) is 23.4 Å². The van der Waals surface area contributed by atoms with Crippen LogP contribution in [0.25, 0.3) is 0 Å². The van der Waals surface area contributed by atoms with Gasteiger partial charge in [-0.2, -0.15) is 0 Å². The van der Waals surface area contributed by atoms with Crippen LogP contribution in [0, 0.1) is 0 Å². The van der Waals surface area contributed by atoms with E-state index in [4.69, 9.17) is 5.73 Å². The topological polar surface area (TPSA) is 142 Å². The summed E-state index contributed by atoms with van der Waals surface area (Å²) in [5.74, 6) is -1.41. The zero-order valence-electron chi connectivity index (χ0n) is 13.9. The molecule has 1 aromatic carbocycles. The molecule has 0 bridgehead atoms. The van der Waals surface area contributed by atoms with E-state index in [1.807, 2.05) is 0 Å². The zero-order valence-corrected chi connectivity index (χ0v) is 13.9. The Morgan fingerprint density at radius 2 is 2.04 bits per heavy atom. The van der Waals surface area contributed by atoms with E-state index in [2.05, 4.69) is 15.3 Å². The Kier molecular flexibility index (Phi) is 5.56. The van der Waals surface area contributed by atoms with Crippen molar-refractivity contribution in [1.82, 2.24) is 15.3 Å². The highest BCUT2D eigenvalue weighted by molar-refractivity contribution is 5.95. The molecule has 0 saturated carbocycles. The fourth-order valence-corrected chi connectivity index (χ4v) is 2.30. The van der Waals surface area contributed by atoms with Gasteiger partial charge in [0.15, 0.2) is 11.5 Å². The summed E-state index contributed by atoms with van der Waals surface area (Å²) in [7, 11) is 0. The minimum atomic E-state index is -1.32. The lowest BCUT2D eigenvalue weighted by molar-refractivity contribution is -0.118. The van der Waals surface area contributed by atoms with Crippen LogP contribution < -0.4 is 11.1 Å². The average Bonchev–Trinajstić information content (AvgIpc) is 2.58. The van der Waals surface area contributed by atoms with E-state index in [9.17, 15) is 20.1 Å². The third-order valence-electron chi connectivity index (χ3n) is 3.59. The van der Waals surface area contributed by atoms with Crippen molar-refractivity contribution in [3.05, 3.63) is 53.1 Å². The number of hydrogen-bond donors (Lipinski definition) is 5. The SMILES string of the molecule is CC(C)=C(C(=O)NCc1ccncn1)C(O)c1cc(N)c(O)c(O)c1. The lowest BCUT2D eigenvalue weighted by Gasteiger charge is -2.18. The molecule has 8 nitrogen and oxygen atoms in total. The number of nitrogens with two attached hydrogens (primary N) is 1. The summed E-state index contributed by atoms with van der Waals surface area (Å²) in [4.78, 5) is 20.3. The molecule has 0 aliphatic carbocycles. The molecule has 6 N–H and O–H groups in total. The van der Waals surface area contributed by atoms with Gasteiger partial charge in [0.05, 0.1) is 17.9 Å². The van der Waals surface area contributed by atoms with Gasteiger partial charge in [-0.3, -0.25) is 4.79 Å². The molecule has 0 saturated heterocycles. The van der Waals surface area contributed by atoms with Gasteiger partial charge < -0.3 is 26.4 Å². The number of phenolic OH excluding ortho intramolecular Hbond substituents is 2. The smallest absolute Gasteiger partial charge is 0.250 e. The van der Waals surface area contributed by atoms with Crippen LogP contribution in [0.4, 0.5) is 5.69 Å². The van der Waals surface area contributed by atoms with Gasteiger partial charge in [-0.1, -0.05) is 5.57 Å². The fourth-order valence-electron chi connectivity index (χ4n) is 2.30. The highest BCUT2D eigenvalue weighted by atomic mass is 16.3. The van der Waals surface area contributed by atoms with E-state index >= 15 is 0 Å². The lowest BCUT2D eigenvalue weighted by Crippen LogP contribution is -2.28. The summed E-state index contributed by atoms with van der Waals surface area (Å²) >= 11 is 0. The molecule has 1 atom stereocenters. The Balaban J connectivity index is 2.23. The van der Waals surface area contributed by atoms with Gasteiger partial charge in [0.25, 0.3) is 0 Å². The largest absolute Gasteiger partial charge is 0.504 e. The molecule has 0 fully saturated rings. The van der Waals surface area contributed by atoms with Crippen molar-refractivity contribution in [3.63, 3.8) is 0 Å². The molecule has 0 aliphatic heterocycles. The van der Waals surface area contributed by atoms with Crippen LogP contribution in [-0.2, 0) is 11.3 Å². The van der Waals surface area contributed by atoms with Gasteiger partial charge in [0.1, 0.15) is 12.4 Å². The number of allylic oxidation sites excluding steroid dienone is 1. The minimum absolute atomic E-state index is 0.0939. The van der Waals surface area contributed by atoms with Crippen LogP contribution in [0.2, 0.25) is 0 Å². The number of aromatic hydroxyl groups is 2. The molecule has 2 rings (SSSR count). The van der Waals surface area contributed by atoms with Crippen LogP contribution in [-0.4, -0.2) is 31.2 Å².